The number of aromatic nitrogens is 1. The third-order valence-electron chi connectivity index (χ3n) is 3.15. The minimum Gasteiger partial charge on any atom is -0.423 e. The SMILES string of the molecule is OC[C@H]1COCCN(c2nc3ccccc3o2)C1. The van der Waals surface area contributed by atoms with Crippen molar-refractivity contribution in [3.05, 3.63) is 24.3 Å². The third kappa shape index (κ3) is 2.19. The number of aliphatic hydroxyl groups excluding tert-OH is 1. The lowest BCUT2D eigenvalue weighted by molar-refractivity contribution is 0.0959. The molecule has 3 rings (SSSR count). The van der Waals surface area contributed by atoms with Gasteiger partial charge in [-0.1, -0.05) is 12.1 Å². The normalized spacial score (nSPS) is 21.2. The molecule has 0 aliphatic carbocycles. The first-order chi connectivity index (χ1) is 8.86. The fraction of sp³-hybridized carbons (Fsp3) is 0.462. The van der Waals surface area contributed by atoms with Gasteiger partial charge in [-0.25, -0.2) is 0 Å². The van der Waals surface area contributed by atoms with Gasteiger partial charge in [-0.15, -0.1) is 0 Å². The summed E-state index contributed by atoms with van der Waals surface area (Å²) in [5.41, 5.74) is 1.65. The Balaban J connectivity index is 1.87. The number of oxazole rings is 1. The van der Waals surface area contributed by atoms with Crippen molar-refractivity contribution in [2.24, 2.45) is 5.92 Å². The maximum atomic E-state index is 9.26. The Kier molecular flexibility index (Phi) is 3.17. The largest absolute Gasteiger partial charge is 0.423 e. The maximum Gasteiger partial charge on any atom is 0.298 e. The number of hydrogen-bond donors (Lipinski definition) is 1. The summed E-state index contributed by atoms with van der Waals surface area (Å²) < 4.78 is 11.2. The van der Waals surface area contributed by atoms with Gasteiger partial charge in [0.1, 0.15) is 5.52 Å². The van der Waals surface area contributed by atoms with Crippen molar-refractivity contribution in [2.75, 3.05) is 37.8 Å². The fourth-order valence-corrected chi connectivity index (χ4v) is 2.16. The van der Waals surface area contributed by atoms with Crippen molar-refractivity contribution in [1.29, 1.82) is 0 Å². The number of benzene rings is 1. The number of hydrogen-bond acceptors (Lipinski definition) is 5. The van der Waals surface area contributed by atoms with Crippen LogP contribution in [0, 0.1) is 5.92 Å². The van der Waals surface area contributed by atoms with E-state index < -0.39 is 0 Å². The smallest absolute Gasteiger partial charge is 0.298 e. The molecule has 0 amide bonds. The van der Waals surface area contributed by atoms with Gasteiger partial charge in [0.25, 0.3) is 6.01 Å². The van der Waals surface area contributed by atoms with E-state index in [9.17, 15) is 5.11 Å². The summed E-state index contributed by atoms with van der Waals surface area (Å²) >= 11 is 0. The molecule has 96 valence electrons. The Morgan fingerprint density at radius 2 is 2.28 bits per heavy atom. The quantitative estimate of drug-likeness (QED) is 0.867. The minimum atomic E-state index is 0.113. The van der Waals surface area contributed by atoms with E-state index in [1.807, 2.05) is 29.2 Å². The zero-order valence-electron chi connectivity index (χ0n) is 10.1. The van der Waals surface area contributed by atoms with E-state index in [2.05, 4.69) is 4.98 Å². The van der Waals surface area contributed by atoms with Gasteiger partial charge in [0.05, 0.1) is 13.2 Å². The average Bonchev–Trinajstić information content (AvgIpc) is 2.69. The van der Waals surface area contributed by atoms with Gasteiger partial charge in [-0.2, -0.15) is 4.98 Å². The summed E-state index contributed by atoms with van der Waals surface area (Å²) in [4.78, 5) is 6.50. The van der Waals surface area contributed by atoms with Crippen LogP contribution < -0.4 is 4.90 Å². The Morgan fingerprint density at radius 1 is 1.39 bits per heavy atom. The third-order valence-corrected chi connectivity index (χ3v) is 3.15. The molecule has 1 aromatic heterocycles. The van der Waals surface area contributed by atoms with Crippen LogP contribution in [0.2, 0.25) is 0 Å². The van der Waals surface area contributed by atoms with Crippen LogP contribution in [0.15, 0.2) is 28.7 Å². The van der Waals surface area contributed by atoms with Crippen LogP contribution in [0.25, 0.3) is 11.1 Å². The Hall–Kier alpha value is -1.59. The molecular formula is C13H16N2O3. The minimum absolute atomic E-state index is 0.113. The van der Waals surface area contributed by atoms with Crippen LogP contribution in [-0.2, 0) is 4.74 Å². The van der Waals surface area contributed by atoms with Crippen molar-refractivity contribution < 1.29 is 14.3 Å². The topological polar surface area (TPSA) is 58.7 Å². The highest BCUT2D eigenvalue weighted by Crippen LogP contribution is 2.23. The van der Waals surface area contributed by atoms with E-state index in [1.54, 1.807) is 0 Å². The first-order valence-electron chi connectivity index (χ1n) is 6.16. The second-order valence-corrected chi connectivity index (χ2v) is 4.53. The van der Waals surface area contributed by atoms with E-state index >= 15 is 0 Å². The van der Waals surface area contributed by atoms with E-state index in [0.29, 0.717) is 25.8 Å². The lowest BCUT2D eigenvalue weighted by Crippen LogP contribution is -2.31. The van der Waals surface area contributed by atoms with Crippen molar-refractivity contribution in [3.63, 3.8) is 0 Å². The van der Waals surface area contributed by atoms with E-state index in [1.165, 1.54) is 0 Å². The zero-order valence-corrected chi connectivity index (χ0v) is 10.1. The van der Waals surface area contributed by atoms with Gasteiger partial charge in [-0.05, 0) is 12.1 Å². The lowest BCUT2D eigenvalue weighted by atomic mass is 10.2. The molecule has 1 atom stereocenters. The van der Waals surface area contributed by atoms with Crippen LogP contribution in [0.3, 0.4) is 0 Å². The fourth-order valence-electron chi connectivity index (χ4n) is 2.16. The van der Waals surface area contributed by atoms with Crippen molar-refractivity contribution in [1.82, 2.24) is 4.98 Å². The highest BCUT2D eigenvalue weighted by molar-refractivity contribution is 5.74. The van der Waals surface area contributed by atoms with Gasteiger partial charge in [0.2, 0.25) is 0 Å². The number of para-hydroxylation sites is 2. The number of anilines is 1. The summed E-state index contributed by atoms with van der Waals surface area (Å²) in [6.45, 7) is 2.80. The second-order valence-electron chi connectivity index (χ2n) is 4.53. The Morgan fingerprint density at radius 3 is 3.11 bits per heavy atom. The predicted molar refractivity (Wildman–Crippen MR) is 67.6 cm³/mol. The van der Waals surface area contributed by atoms with Gasteiger partial charge < -0.3 is 19.2 Å². The van der Waals surface area contributed by atoms with Crippen LogP contribution >= 0.6 is 0 Å². The molecule has 1 aliphatic heterocycles. The number of nitrogens with zero attached hydrogens (tertiary/aromatic N) is 2. The molecule has 0 radical (unpaired) electrons. The molecule has 1 aliphatic rings. The molecular weight excluding hydrogens is 232 g/mol. The second kappa shape index (κ2) is 4.96. The Bertz CT molecular complexity index is 493. The molecule has 2 heterocycles. The van der Waals surface area contributed by atoms with Gasteiger partial charge in [-0.3, -0.25) is 0 Å². The van der Waals surface area contributed by atoms with Gasteiger partial charge >= 0.3 is 0 Å². The molecule has 1 N–H and O–H groups in total. The zero-order chi connectivity index (χ0) is 12.4. The van der Waals surface area contributed by atoms with Crippen LogP contribution in [0.5, 0.6) is 0 Å². The molecule has 0 saturated carbocycles. The molecule has 5 heteroatoms. The predicted octanol–water partition coefficient (Wildman–Crippen LogP) is 1.27. The average molecular weight is 248 g/mol. The van der Waals surface area contributed by atoms with Gasteiger partial charge in [0, 0.05) is 25.6 Å². The highest BCUT2D eigenvalue weighted by Gasteiger charge is 2.21. The first-order valence-corrected chi connectivity index (χ1v) is 6.16. The first kappa shape index (κ1) is 11.5. The van der Waals surface area contributed by atoms with Gasteiger partial charge in [0.15, 0.2) is 5.58 Å². The summed E-state index contributed by atoms with van der Waals surface area (Å²) in [5, 5.41) is 9.26. The summed E-state index contributed by atoms with van der Waals surface area (Å²) in [6, 6.07) is 8.32. The number of aliphatic hydroxyl groups is 1. The molecule has 1 aromatic carbocycles. The molecule has 1 fully saturated rings. The maximum absolute atomic E-state index is 9.26. The van der Waals surface area contributed by atoms with E-state index in [4.69, 9.17) is 9.15 Å². The molecule has 5 nitrogen and oxygen atoms in total. The molecule has 0 bridgehead atoms. The number of ether oxygens (including phenoxy) is 1. The standard InChI is InChI=1S/C13H16N2O3/c16-8-10-7-15(5-6-17-9-10)13-14-11-3-1-2-4-12(11)18-13/h1-4,10,16H,5-9H2/t10-/m0/s1. The van der Waals surface area contributed by atoms with E-state index in [-0.39, 0.29) is 12.5 Å². The highest BCUT2D eigenvalue weighted by atomic mass is 16.5. The van der Waals surface area contributed by atoms with E-state index in [0.717, 1.165) is 17.6 Å². The van der Waals surface area contributed by atoms with Crippen molar-refractivity contribution in [2.45, 2.75) is 0 Å². The van der Waals surface area contributed by atoms with Crippen LogP contribution in [0.1, 0.15) is 0 Å². The summed E-state index contributed by atoms with van der Waals surface area (Å²) in [6.07, 6.45) is 0. The summed E-state index contributed by atoms with van der Waals surface area (Å²) in [7, 11) is 0. The molecule has 0 unspecified atom stereocenters. The monoisotopic (exact) mass is 248 g/mol. The molecule has 18 heavy (non-hydrogen) atoms. The number of fused-ring (bicyclic) bond motifs is 1. The molecule has 0 spiro atoms. The van der Waals surface area contributed by atoms with Crippen LogP contribution in [-0.4, -0.2) is 43.0 Å². The summed E-state index contributed by atoms with van der Waals surface area (Å²) in [5.74, 6) is 0.113. The van der Waals surface area contributed by atoms with Crippen molar-refractivity contribution >= 4 is 17.1 Å². The number of rotatable bonds is 2. The van der Waals surface area contributed by atoms with Crippen LogP contribution in [0.4, 0.5) is 6.01 Å². The van der Waals surface area contributed by atoms with Crippen molar-refractivity contribution in [3.8, 4) is 0 Å². The lowest BCUT2D eigenvalue weighted by Gasteiger charge is -2.20. The molecule has 1 saturated heterocycles. The molecule has 2 aromatic rings. The Labute approximate surface area is 105 Å².